The molecule has 3 heteroatoms. The van der Waals surface area contributed by atoms with Gasteiger partial charge in [-0.15, -0.1) is 0 Å². The van der Waals surface area contributed by atoms with E-state index >= 15 is 0 Å². The summed E-state index contributed by atoms with van der Waals surface area (Å²) in [6, 6.07) is 8.66. The van der Waals surface area contributed by atoms with E-state index in [1.54, 1.807) is 0 Å². The molecule has 1 saturated carbocycles. The molecule has 2 aliphatic rings. The number of hydrogen-bond donors (Lipinski definition) is 1. The maximum Gasteiger partial charge on any atom is 0.0604 e. The van der Waals surface area contributed by atoms with Crippen LogP contribution in [0.3, 0.4) is 0 Å². The van der Waals surface area contributed by atoms with Crippen LogP contribution < -0.4 is 9.80 Å². The lowest BCUT2D eigenvalue weighted by Gasteiger charge is -2.44. The van der Waals surface area contributed by atoms with E-state index in [9.17, 15) is 5.11 Å². The molecule has 0 atom stereocenters. The number of hydrogen-bond acceptors (Lipinski definition) is 3. The number of fused-ring (bicyclic) bond motifs is 1. The van der Waals surface area contributed by atoms with Crippen LogP contribution in [0.2, 0.25) is 0 Å². The van der Waals surface area contributed by atoms with Crippen molar-refractivity contribution >= 4 is 11.4 Å². The van der Waals surface area contributed by atoms with E-state index in [0.717, 1.165) is 19.6 Å². The molecular weight excluding hydrogens is 248 g/mol. The quantitative estimate of drug-likeness (QED) is 0.918. The van der Waals surface area contributed by atoms with Crippen LogP contribution in [0, 0.1) is 5.41 Å². The highest BCUT2D eigenvalue weighted by molar-refractivity contribution is 5.73. The van der Waals surface area contributed by atoms with E-state index in [4.69, 9.17) is 0 Å². The summed E-state index contributed by atoms with van der Waals surface area (Å²) in [7, 11) is 2.17. The van der Waals surface area contributed by atoms with Gasteiger partial charge in [0.25, 0.3) is 0 Å². The summed E-state index contributed by atoms with van der Waals surface area (Å²) in [4.78, 5) is 4.83. The van der Waals surface area contributed by atoms with Gasteiger partial charge in [0, 0.05) is 32.1 Å². The van der Waals surface area contributed by atoms with E-state index in [2.05, 4.69) is 41.1 Å². The van der Waals surface area contributed by atoms with Gasteiger partial charge in [-0.1, -0.05) is 31.4 Å². The molecule has 1 N–H and O–H groups in total. The molecule has 0 unspecified atom stereocenters. The van der Waals surface area contributed by atoms with Gasteiger partial charge in [-0.25, -0.2) is 0 Å². The van der Waals surface area contributed by atoms with Gasteiger partial charge in [-0.05, 0) is 25.0 Å². The van der Waals surface area contributed by atoms with Gasteiger partial charge < -0.3 is 14.9 Å². The maximum absolute atomic E-state index is 9.94. The standard InChI is InChI=1S/C17H26N2O/c1-18-11-12-19(16-8-4-3-7-15(16)18)13-17(14-20)9-5-2-6-10-17/h3-4,7-8,20H,2,5-6,9-14H2,1H3. The van der Waals surface area contributed by atoms with Crippen molar-refractivity contribution in [2.75, 3.05) is 43.1 Å². The summed E-state index contributed by atoms with van der Waals surface area (Å²) in [5.41, 5.74) is 2.78. The number of para-hydroxylation sites is 2. The third kappa shape index (κ3) is 2.51. The fourth-order valence-corrected chi connectivity index (χ4v) is 3.80. The van der Waals surface area contributed by atoms with Gasteiger partial charge in [0.2, 0.25) is 0 Å². The SMILES string of the molecule is CN1CCN(CC2(CO)CCCCC2)c2ccccc21. The minimum absolute atomic E-state index is 0.126. The number of likely N-dealkylation sites (N-methyl/N-ethyl adjacent to an activating group) is 1. The molecular formula is C17H26N2O. The molecule has 0 amide bonds. The largest absolute Gasteiger partial charge is 0.396 e. The smallest absolute Gasteiger partial charge is 0.0604 e. The lowest BCUT2D eigenvalue weighted by molar-refractivity contribution is 0.0880. The Morgan fingerprint density at radius 1 is 1.05 bits per heavy atom. The van der Waals surface area contributed by atoms with Crippen molar-refractivity contribution in [1.29, 1.82) is 0 Å². The van der Waals surface area contributed by atoms with Gasteiger partial charge in [-0.3, -0.25) is 0 Å². The zero-order chi connectivity index (χ0) is 14.0. The van der Waals surface area contributed by atoms with Crippen molar-refractivity contribution in [3.8, 4) is 0 Å². The van der Waals surface area contributed by atoms with Gasteiger partial charge in [0.05, 0.1) is 18.0 Å². The lowest BCUT2D eigenvalue weighted by atomic mass is 9.74. The van der Waals surface area contributed by atoms with E-state index in [0.29, 0.717) is 6.61 Å². The highest BCUT2D eigenvalue weighted by atomic mass is 16.3. The molecule has 0 radical (unpaired) electrons. The Bertz CT molecular complexity index is 454. The molecule has 0 aromatic heterocycles. The lowest BCUT2D eigenvalue weighted by Crippen LogP contribution is -2.47. The molecule has 0 saturated heterocycles. The Labute approximate surface area is 122 Å². The molecule has 1 aliphatic heterocycles. The van der Waals surface area contributed by atoms with Crippen molar-refractivity contribution in [3.63, 3.8) is 0 Å². The first kappa shape index (κ1) is 13.7. The molecule has 3 rings (SSSR count). The van der Waals surface area contributed by atoms with Crippen LogP contribution in [-0.2, 0) is 0 Å². The van der Waals surface area contributed by atoms with Crippen LogP contribution in [-0.4, -0.2) is 38.4 Å². The minimum atomic E-state index is 0.126. The Balaban J connectivity index is 1.82. The number of anilines is 2. The summed E-state index contributed by atoms with van der Waals surface area (Å²) in [5, 5.41) is 9.94. The average Bonchev–Trinajstić information content (AvgIpc) is 2.51. The zero-order valence-corrected chi connectivity index (χ0v) is 12.5. The summed E-state index contributed by atoms with van der Waals surface area (Å²) in [6.45, 7) is 3.48. The monoisotopic (exact) mass is 274 g/mol. The predicted molar refractivity (Wildman–Crippen MR) is 84.5 cm³/mol. The van der Waals surface area contributed by atoms with Crippen LogP contribution in [0.5, 0.6) is 0 Å². The van der Waals surface area contributed by atoms with Gasteiger partial charge in [-0.2, -0.15) is 0 Å². The highest BCUT2D eigenvalue weighted by Crippen LogP contribution is 2.40. The third-order valence-electron chi connectivity index (χ3n) is 5.11. The van der Waals surface area contributed by atoms with E-state index in [-0.39, 0.29) is 5.41 Å². The predicted octanol–water partition coefficient (Wildman–Crippen LogP) is 2.89. The van der Waals surface area contributed by atoms with Crippen LogP contribution >= 0.6 is 0 Å². The van der Waals surface area contributed by atoms with E-state index in [1.807, 2.05) is 0 Å². The summed E-state index contributed by atoms with van der Waals surface area (Å²) >= 11 is 0. The number of benzene rings is 1. The van der Waals surface area contributed by atoms with Crippen molar-refractivity contribution < 1.29 is 5.11 Å². The third-order valence-corrected chi connectivity index (χ3v) is 5.11. The second-order valence-electron chi connectivity index (χ2n) is 6.55. The molecule has 0 bridgehead atoms. The molecule has 3 nitrogen and oxygen atoms in total. The first-order valence-electron chi connectivity index (χ1n) is 7.90. The second-order valence-corrected chi connectivity index (χ2v) is 6.55. The average molecular weight is 274 g/mol. The van der Waals surface area contributed by atoms with Crippen LogP contribution in [0.25, 0.3) is 0 Å². The normalized spacial score (nSPS) is 21.7. The van der Waals surface area contributed by atoms with Crippen molar-refractivity contribution in [1.82, 2.24) is 0 Å². The molecule has 0 spiro atoms. The van der Waals surface area contributed by atoms with Gasteiger partial charge in [0.1, 0.15) is 0 Å². The molecule has 1 aliphatic carbocycles. The Morgan fingerprint density at radius 3 is 2.45 bits per heavy atom. The molecule has 110 valence electrons. The van der Waals surface area contributed by atoms with Crippen molar-refractivity contribution in [2.24, 2.45) is 5.41 Å². The molecule has 1 aromatic rings. The maximum atomic E-state index is 9.94. The fraction of sp³-hybridized carbons (Fsp3) is 0.647. The van der Waals surface area contributed by atoms with Crippen LogP contribution in [0.4, 0.5) is 11.4 Å². The molecule has 1 fully saturated rings. The molecule has 1 aromatic carbocycles. The fourth-order valence-electron chi connectivity index (χ4n) is 3.80. The number of nitrogens with zero attached hydrogens (tertiary/aromatic N) is 2. The molecule has 20 heavy (non-hydrogen) atoms. The van der Waals surface area contributed by atoms with Gasteiger partial charge in [0.15, 0.2) is 0 Å². The summed E-state index contributed by atoms with van der Waals surface area (Å²) in [6.07, 6.45) is 6.24. The first-order chi connectivity index (χ1) is 9.74. The summed E-state index contributed by atoms with van der Waals surface area (Å²) < 4.78 is 0. The zero-order valence-electron chi connectivity index (χ0n) is 12.5. The number of aliphatic hydroxyl groups excluding tert-OH is 1. The number of rotatable bonds is 3. The van der Waals surface area contributed by atoms with Crippen molar-refractivity contribution in [2.45, 2.75) is 32.1 Å². The Hall–Kier alpha value is -1.22. The van der Waals surface area contributed by atoms with E-state index < -0.39 is 0 Å². The number of aliphatic hydroxyl groups is 1. The Morgan fingerprint density at radius 2 is 1.75 bits per heavy atom. The van der Waals surface area contributed by atoms with Crippen molar-refractivity contribution in [3.05, 3.63) is 24.3 Å². The highest BCUT2D eigenvalue weighted by Gasteiger charge is 2.34. The van der Waals surface area contributed by atoms with Gasteiger partial charge >= 0.3 is 0 Å². The van der Waals surface area contributed by atoms with E-state index in [1.165, 1.54) is 43.5 Å². The topological polar surface area (TPSA) is 26.7 Å². The summed E-state index contributed by atoms with van der Waals surface area (Å²) in [5.74, 6) is 0. The van der Waals surface area contributed by atoms with Crippen LogP contribution in [0.15, 0.2) is 24.3 Å². The Kier molecular flexibility index (Phi) is 3.88. The second kappa shape index (κ2) is 5.65. The minimum Gasteiger partial charge on any atom is -0.396 e. The van der Waals surface area contributed by atoms with Crippen LogP contribution in [0.1, 0.15) is 32.1 Å². The first-order valence-corrected chi connectivity index (χ1v) is 7.90. The molecule has 1 heterocycles.